The molecule has 0 amide bonds. The average molecular weight is 656 g/mol. The Labute approximate surface area is 279 Å². The van der Waals surface area contributed by atoms with Crippen molar-refractivity contribution >= 4 is 22.9 Å². The van der Waals surface area contributed by atoms with Crippen molar-refractivity contribution in [3.63, 3.8) is 0 Å². The van der Waals surface area contributed by atoms with Crippen molar-refractivity contribution in [2.45, 2.75) is 238 Å². The minimum Gasteiger partial charge on any atom is -0.411 e. The van der Waals surface area contributed by atoms with Crippen LogP contribution in [0.5, 0.6) is 0 Å². The average Bonchev–Trinajstić information content (AvgIpc) is 2.92. The third kappa shape index (κ3) is 19.6. The summed E-state index contributed by atoms with van der Waals surface area (Å²) in [5.41, 5.74) is 6.44. The molecule has 3 atom stereocenters. The van der Waals surface area contributed by atoms with Crippen molar-refractivity contribution in [2.24, 2.45) is 5.73 Å². The van der Waals surface area contributed by atoms with E-state index in [1.165, 1.54) is 122 Å². The maximum absolute atomic E-state index is 12.0. The normalized spacial score (nSPS) is 15.4. The lowest BCUT2D eigenvalue weighted by molar-refractivity contribution is -0.112. The third-order valence-electron chi connectivity index (χ3n) is 10.7. The van der Waals surface area contributed by atoms with Gasteiger partial charge in [-0.25, -0.2) is 0 Å². The van der Waals surface area contributed by atoms with Crippen LogP contribution in [0.4, 0.5) is 0 Å². The molecule has 0 fully saturated rings. The number of hydrogen-bond acceptors (Lipinski definition) is 4. The Hall–Kier alpha value is -0.0162. The van der Waals surface area contributed by atoms with Crippen molar-refractivity contribution < 1.29 is 13.6 Å². The summed E-state index contributed by atoms with van der Waals surface area (Å²) in [6.45, 7) is 24.9. The van der Waals surface area contributed by atoms with Gasteiger partial charge in [-0.3, -0.25) is 0 Å². The van der Waals surface area contributed by atoms with Gasteiger partial charge in [-0.1, -0.05) is 177 Å². The summed E-state index contributed by atoms with van der Waals surface area (Å²) < 4.78 is 13.8. The summed E-state index contributed by atoms with van der Waals surface area (Å²) >= 11 is 0. The molecule has 0 aliphatic heterocycles. The molecule has 0 aromatic rings. The smallest absolute Gasteiger partial charge is 0.192 e. The molecular formula is C38H81NO3Si2. The van der Waals surface area contributed by atoms with E-state index in [9.17, 15) is 4.79 Å². The summed E-state index contributed by atoms with van der Waals surface area (Å²) in [6.07, 6.45) is 28.9. The van der Waals surface area contributed by atoms with E-state index in [4.69, 9.17) is 14.6 Å². The lowest BCUT2D eigenvalue weighted by Crippen LogP contribution is -2.57. The van der Waals surface area contributed by atoms with Gasteiger partial charge in [0.05, 0.1) is 18.2 Å². The van der Waals surface area contributed by atoms with Gasteiger partial charge in [0.15, 0.2) is 16.6 Å². The Morgan fingerprint density at radius 1 is 0.545 bits per heavy atom. The predicted octanol–water partition coefficient (Wildman–Crippen LogP) is 12.5. The molecule has 44 heavy (non-hydrogen) atoms. The van der Waals surface area contributed by atoms with Gasteiger partial charge in [-0.2, -0.15) is 0 Å². The molecule has 0 rings (SSSR count). The molecule has 6 heteroatoms. The number of nitrogens with two attached hydrogens (primary N) is 1. The van der Waals surface area contributed by atoms with Crippen LogP contribution in [0, 0.1) is 0 Å². The maximum Gasteiger partial charge on any atom is 0.192 e. The van der Waals surface area contributed by atoms with Crippen LogP contribution in [0.3, 0.4) is 0 Å². The number of carbonyl (C=O) groups excluding carboxylic acids is 1. The van der Waals surface area contributed by atoms with Crippen LogP contribution in [-0.4, -0.2) is 41.2 Å². The minimum atomic E-state index is -2.13. The first kappa shape index (κ1) is 44.0. The Morgan fingerprint density at radius 3 is 1.14 bits per heavy atom. The van der Waals surface area contributed by atoms with Gasteiger partial charge in [-0.15, -0.1) is 0 Å². The monoisotopic (exact) mass is 656 g/mol. The number of unbranched alkanes of at least 4 members (excludes halogenated alkanes) is 19. The van der Waals surface area contributed by atoms with E-state index in [1.54, 1.807) is 0 Å². The van der Waals surface area contributed by atoms with Crippen LogP contribution in [0.25, 0.3) is 0 Å². The summed E-state index contributed by atoms with van der Waals surface area (Å²) in [6, 6.07) is -0.663. The second-order valence-electron chi connectivity index (χ2n) is 17.0. The van der Waals surface area contributed by atoms with Gasteiger partial charge in [-0.05, 0) is 42.7 Å². The molecule has 2 N–H and O–H groups in total. The molecule has 264 valence electrons. The molecule has 0 aliphatic carbocycles. The molecule has 0 aromatic heterocycles. The van der Waals surface area contributed by atoms with Crippen LogP contribution in [0.2, 0.25) is 36.3 Å². The van der Waals surface area contributed by atoms with Crippen LogP contribution in [-0.2, 0) is 13.6 Å². The molecular weight excluding hydrogens is 575 g/mol. The van der Waals surface area contributed by atoms with Gasteiger partial charge < -0.3 is 19.4 Å². The molecule has 0 saturated carbocycles. The fourth-order valence-corrected chi connectivity index (χ4v) is 8.15. The van der Waals surface area contributed by atoms with Gasteiger partial charge in [0.1, 0.15) is 6.29 Å². The zero-order valence-electron chi connectivity index (χ0n) is 32.0. The topological polar surface area (TPSA) is 61.6 Å². The molecule has 0 spiro atoms. The zero-order chi connectivity index (χ0) is 33.7. The summed E-state index contributed by atoms with van der Waals surface area (Å²) in [4.78, 5) is 12.0. The van der Waals surface area contributed by atoms with Crippen LogP contribution in [0.15, 0.2) is 0 Å². The highest BCUT2D eigenvalue weighted by Crippen LogP contribution is 2.41. The van der Waals surface area contributed by atoms with Crippen LogP contribution in [0.1, 0.15) is 183 Å². The second-order valence-corrected chi connectivity index (χ2v) is 26.5. The second kappa shape index (κ2) is 23.3. The van der Waals surface area contributed by atoms with Gasteiger partial charge in [0, 0.05) is 0 Å². The Morgan fingerprint density at radius 2 is 0.841 bits per heavy atom. The quantitative estimate of drug-likeness (QED) is 0.0517. The van der Waals surface area contributed by atoms with E-state index in [1.807, 2.05) is 0 Å². The first-order valence-electron chi connectivity index (χ1n) is 19.1. The standard InChI is InChI=1S/C38H81NO3Si2/c1-12-13-14-15-16-17-18-19-20-21-22-23-24-25-26-27-28-29-30-31-32-35(41-43(8,9)37(2,3)4)36(34(39)33-40)42-44(10,11)38(5,6)7/h33-36H,12-32,39H2,1-11H3/t34-,35-,36+/m1/s1. The summed E-state index contributed by atoms with van der Waals surface area (Å²) in [5.74, 6) is 0. The van der Waals surface area contributed by atoms with E-state index in [0.29, 0.717) is 0 Å². The molecule has 0 heterocycles. The number of rotatable bonds is 28. The number of hydrogen-bond donors (Lipinski definition) is 1. The summed E-state index contributed by atoms with van der Waals surface area (Å²) in [7, 11) is -4.19. The van der Waals surface area contributed by atoms with E-state index < -0.39 is 22.7 Å². The molecule has 0 bridgehead atoms. The van der Waals surface area contributed by atoms with E-state index in [2.05, 4.69) is 74.7 Å². The molecule has 0 aliphatic rings. The van der Waals surface area contributed by atoms with Crippen LogP contribution < -0.4 is 5.73 Å². The first-order chi connectivity index (χ1) is 20.5. The minimum absolute atomic E-state index is 0.0440. The number of aldehydes is 1. The highest BCUT2D eigenvalue weighted by molar-refractivity contribution is 6.74. The maximum atomic E-state index is 12.0. The van der Waals surface area contributed by atoms with Crippen molar-refractivity contribution in [1.29, 1.82) is 0 Å². The number of carbonyl (C=O) groups is 1. The van der Waals surface area contributed by atoms with Gasteiger partial charge in [0.25, 0.3) is 0 Å². The first-order valence-corrected chi connectivity index (χ1v) is 24.9. The van der Waals surface area contributed by atoms with Gasteiger partial charge in [0.2, 0.25) is 0 Å². The highest BCUT2D eigenvalue weighted by atomic mass is 28.4. The zero-order valence-corrected chi connectivity index (χ0v) is 34.0. The Balaban J connectivity index is 4.43. The predicted molar refractivity (Wildman–Crippen MR) is 201 cm³/mol. The fraction of sp³-hybridized carbons (Fsp3) is 0.974. The largest absolute Gasteiger partial charge is 0.411 e. The van der Waals surface area contributed by atoms with Crippen molar-refractivity contribution in [3.05, 3.63) is 0 Å². The molecule has 0 saturated heterocycles. The summed E-state index contributed by atoms with van der Waals surface area (Å²) in [5, 5.41) is 0.133. The van der Waals surface area contributed by atoms with E-state index in [0.717, 1.165) is 19.1 Å². The molecule has 0 radical (unpaired) electrons. The lowest BCUT2D eigenvalue weighted by atomic mass is 10.00. The fourth-order valence-electron chi connectivity index (χ4n) is 5.44. The van der Waals surface area contributed by atoms with Crippen molar-refractivity contribution in [1.82, 2.24) is 0 Å². The highest BCUT2D eigenvalue weighted by Gasteiger charge is 2.46. The van der Waals surface area contributed by atoms with Crippen LogP contribution >= 0.6 is 0 Å². The molecule has 0 aromatic carbocycles. The van der Waals surface area contributed by atoms with Crippen molar-refractivity contribution in [2.75, 3.05) is 0 Å². The Kier molecular flexibility index (Phi) is 23.3. The SMILES string of the molecule is CCCCCCCCCCCCCCCCCCCCCC[C@@H](O[Si](C)(C)C(C)(C)C)[C@@H](O[Si](C)(C)C(C)(C)C)[C@H](N)C=O. The van der Waals surface area contributed by atoms with E-state index in [-0.39, 0.29) is 22.3 Å². The van der Waals surface area contributed by atoms with E-state index >= 15 is 0 Å². The molecule has 4 nitrogen and oxygen atoms in total. The van der Waals surface area contributed by atoms with Crippen molar-refractivity contribution in [3.8, 4) is 0 Å². The molecule has 0 unspecified atom stereocenters. The lowest BCUT2D eigenvalue weighted by Gasteiger charge is -2.46. The van der Waals surface area contributed by atoms with Gasteiger partial charge >= 0.3 is 0 Å². The third-order valence-corrected chi connectivity index (χ3v) is 19.7. The Bertz CT molecular complexity index is 699.